The predicted octanol–water partition coefficient (Wildman–Crippen LogP) is 0.660. The van der Waals surface area contributed by atoms with Gasteiger partial charge in [-0.25, -0.2) is 0 Å². The normalized spacial score (nSPS) is 22.9. The van der Waals surface area contributed by atoms with Crippen LogP contribution >= 0.6 is 11.8 Å². The summed E-state index contributed by atoms with van der Waals surface area (Å²) in [5.41, 5.74) is 0. The number of ether oxygens (including phenoxy) is 1. The van der Waals surface area contributed by atoms with Gasteiger partial charge >= 0.3 is 0 Å². The Morgan fingerprint density at radius 3 is 3.07 bits per heavy atom. The minimum Gasteiger partial charge on any atom is -0.385 e. The third-order valence-electron chi connectivity index (χ3n) is 2.42. The fourth-order valence-corrected chi connectivity index (χ4v) is 2.62. The summed E-state index contributed by atoms with van der Waals surface area (Å²) in [6.45, 7) is 4.34. The number of rotatable bonds is 6. The minimum absolute atomic E-state index is 0.682. The molecule has 0 aliphatic carbocycles. The fourth-order valence-electron chi connectivity index (χ4n) is 1.68. The topological polar surface area (TPSA) is 24.5 Å². The molecule has 1 aliphatic rings. The van der Waals surface area contributed by atoms with Crippen LogP contribution in [0.2, 0.25) is 0 Å². The van der Waals surface area contributed by atoms with Crippen LogP contribution in [0.3, 0.4) is 0 Å². The first-order chi connectivity index (χ1) is 6.83. The SMILES string of the molecule is COCCCN(C)CC1CSCCN1. The van der Waals surface area contributed by atoms with Gasteiger partial charge in [0.05, 0.1) is 0 Å². The Bertz CT molecular complexity index is 140. The Morgan fingerprint density at radius 2 is 2.43 bits per heavy atom. The van der Waals surface area contributed by atoms with Crippen molar-refractivity contribution in [3.8, 4) is 0 Å². The van der Waals surface area contributed by atoms with Crippen LogP contribution in [-0.4, -0.2) is 62.8 Å². The van der Waals surface area contributed by atoms with Crippen LogP contribution < -0.4 is 5.32 Å². The van der Waals surface area contributed by atoms with E-state index in [0.717, 1.165) is 26.1 Å². The van der Waals surface area contributed by atoms with Crippen LogP contribution in [0, 0.1) is 0 Å². The lowest BCUT2D eigenvalue weighted by Crippen LogP contribution is -2.45. The number of nitrogens with one attached hydrogen (secondary N) is 1. The number of nitrogens with zero attached hydrogens (tertiary/aromatic N) is 1. The average molecular weight is 218 g/mol. The van der Waals surface area contributed by atoms with Crippen molar-refractivity contribution in [2.75, 3.05) is 51.9 Å². The molecule has 4 heteroatoms. The van der Waals surface area contributed by atoms with Gasteiger partial charge in [-0.3, -0.25) is 0 Å². The first-order valence-corrected chi connectivity index (χ1v) is 6.47. The smallest absolute Gasteiger partial charge is 0.0474 e. The minimum atomic E-state index is 0.682. The third-order valence-corrected chi connectivity index (χ3v) is 3.55. The highest BCUT2D eigenvalue weighted by Crippen LogP contribution is 2.08. The summed E-state index contributed by atoms with van der Waals surface area (Å²) in [6.07, 6.45) is 1.13. The summed E-state index contributed by atoms with van der Waals surface area (Å²) in [4.78, 5) is 2.39. The van der Waals surface area contributed by atoms with Crippen molar-refractivity contribution in [3.05, 3.63) is 0 Å². The largest absolute Gasteiger partial charge is 0.385 e. The molecule has 0 amide bonds. The number of hydrogen-bond acceptors (Lipinski definition) is 4. The Labute approximate surface area is 91.6 Å². The van der Waals surface area contributed by atoms with Crippen LogP contribution in [0.5, 0.6) is 0 Å². The van der Waals surface area contributed by atoms with Crippen LogP contribution in [0.4, 0.5) is 0 Å². The van der Waals surface area contributed by atoms with E-state index in [4.69, 9.17) is 4.74 Å². The number of likely N-dealkylation sites (N-methyl/N-ethyl adjacent to an activating group) is 1. The number of thioether (sulfide) groups is 1. The lowest BCUT2D eigenvalue weighted by atomic mass is 10.3. The van der Waals surface area contributed by atoms with Crippen molar-refractivity contribution in [1.82, 2.24) is 10.2 Å². The predicted molar refractivity (Wildman–Crippen MR) is 63.1 cm³/mol. The Balaban J connectivity index is 2.03. The van der Waals surface area contributed by atoms with E-state index in [9.17, 15) is 0 Å². The molecule has 0 saturated carbocycles. The molecule has 1 fully saturated rings. The lowest BCUT2D eigenvalue weighted by molar-refractivity contribution is 0.177. The Morgan fingerprint density at radius 1 is 1.57 bits per heavy atom. The highest BCUT2D eigenvalue weighted by molar-refractivity contribution is 7.99. The highest BCUT2D eigenvalue weighted by atomic mass is 32.2. The second-order valence-corrected chi connectivity index (χ2v) is 4.98. The van der Waals surface area contributed by atoms with Crippen molar-refractivity contribution in [2.24, 2.45) is 0 Å². The zero-order valence-corrected chi connectivity index (χ0v) is 10.1. The molecule has 1 aliphatic heterocycles. The Hall–Kier alpha value is 0.230. The van der Waals surface area contributed by atoms with Crippen molar-refractivity contribution in [2.45, 2.75) is 12.5 Å². The second-order valence-electron chi connectivity index (χ2n) is 3.83. The van der Waals surface area contributed by atoms with Gasteiger partial charge in [0.1, 0.15) is 0 Å². The van der Waals surface area contributed by atoms with E-state index in [0.29, 0.717) is 6.04 Å². The summed E-state index contributed by atoms with van der Waals surface area (Å²) in [5, 5.41) is 3.55. The molecule has 0 aromatic heterocycles. The first-order valence-electron chi connectivity index (χ1n) is 5.31. The van der Waals surface area contributed by atoms with Gasteiger partial charge in [0.2, 0.25) is 0 Å². The molecular weight excluding hydrogens is 196 g/mol. The van der Waals surface area contributed by atoms with Crippen molar-refractivity contribution >= 4 is 11.8 Å². The molecule has 1 N–H and O–H groups in total. The molecule has 1 saturated heterocycles. The van der Waals surface area contributed by atoms with E-state index in [1.54, 1.807) is 7.11 Å². The van der Waals surface area contributed by atoms with Gasteiger partial charge in [0.25, 0.3) is 0 Å². The molecule has 0 bridgehead atoms. The van der Waals surface area contributed by atoms with Gasteiger partial charge in [0.15, 0.2) is 0 Å². The number of hydrogen-bond donors (Lipinski definition) is 1. The molecule has 0 radical (unpaired) electrons. The number of methoxy groups -OCH3 is 1. The van der Waals surface area contributed by atoms with Crippen LogP contribution in [0.1, 0.15) is 6.42 Å². The lowest BCUT2D eigenvalue weighted by Gasteiger charge is -2.27. The summed E-state index contributed by atoms with van der Waals surface area (Å²) in [7, 11) is 3.95. The van der Waals surface area contributed by atoms with E-state index < -0.39 is 0 Å². The molecule has 14 heavy (non-hydrogen) atoms. The maximum absolute atomic E-state index is 5.04. The zero-order valence-electron chi connectivity index (χ0n) is 9.29. The monoisotopic (exact) mass is 218 g/mol. The van der Waals surface area contributed by atoms with Crippen LogP contribution in [0.15, 0.2) is 0 Å². The van der Waals surface area contributed by atoms with Gasteiger partial charge in [-0.1, -0.05) is 0 Å². The first kappa shape index (κ1) is 12.3. The molecule has 0 aromatic carbocycles. The van der Waals surface area contributed by atoms with Gasteiger partial charge in [0, 0.05) is 50.9 Å². The molecule has 1 rings (SSSR count). The van der Waals surface area contributed by atoms with E-state index in [1.807, 2.05) is 0 Å². The van der Waals surface area contributed by atoms with E-state index >= 15 is 0 Å². The summed E-state index contributed by atoms with van der Waals surface area (Å²) < 4.78 is 5.04. The summed E-state index contributed by atoms with van der Waals surface area (Å²) in [6, 6.07) is 0.682. The molecule has 1 atom stereocenters. The van der Waals surface area contributed by atoms with Crippen molar-refractivity contribution in [1.29, 1.82) is 0 Å². The molecule has 1 unspecified atom stereocenters. The Kier molecular flexibility index (Phi) is 6.60. The van der Waals surface area contributed by atoms with Gasteiger partial charge in [-0.15, -0.1) is 0 Å². The zero-order chi connectivity index (χ0) is 10.2. The summed E-state index contributed by atoms with van der Waals surface area (Å²) >= 11 is 2.06. The van der Waals surface area contributed by atoms with Gasteiger partial charge < -0.3 is 15.0 Å². The van der Waals surface area contributed by atoms with E-state index in [-0.39, 0.29) is 0 Å². The van der Waals surface area contributed by atoms with Crippen molar-refractivity contribution < 1.29 is 4.74 Å². The standard InChI is InChI=1S/C10H22N2OS/c1-12(5-3-6-13-2)8-10-9-14-7-4-11-10/h10-11H,3-9H2,1-2H3. The van der Waals surface area contributed by atoms with Gasteiger partial charge in [-0.05, 0) is 13.5 Å². The fraction of sp³-hybridized carbons (Fsp3) is 1.00. The van der Waals surface area contributed by atoms with Crippen LogP contribution in [-0.2, 0) is 4.74 Å². The maximum atomic E-state index is 5.04. The van der Waals surface area contributed by atoms with Crippen molar-refractivity contribution in [3.63, 3.8) is 0 Å². The molecule has 3 nitrogen and oxygen atoms in total. The quantitative estimate of drug-likeness (QED) is 0.662. The van der Waals surface area contributed by atoms with Gasteiger partial charge in [-0.2, -0.15) is 11.8 Å². The molecule has 84 valence electrons. The van der Waals surface area contributed by atoms with E-state index in [2.05, 4.69) is 29.0 Å². The highest BCUT2D eigenvalue weighted by Gasteiger charge is 2.14. The van der Waals surface area contributed by atoms with E-state index in [1.165, 1.54) is 18.1 Å². The molecular formula is C10H22N2OS. The summed E-state index contributed by atoms with van der Waals surface area (Å²) in [5.74, 6) is 2.53. The maximum Gasteiger partial charge on any atom is 0.0474 e. The third kappa shape index (κ3) is 5.20. The second kappa shape index (κ2) is 7.51. The average Bonchev–Trinajstić information content (AvgIpc) is 2.20. The molecule has 1 heterocycles. The molecule has 0 aromatic rings. The molecule has 0 spiro atoms. The van der Waals surface area contributed by atoms with Crippen LogP contribution in [0.25, 0.3) is 0 Å².